The topological polar surface area (TPSA) is 67.9 Å². The van der Waals surface area contributed by atoms with Crippen molar-refractivity contribution >= 4 is 29.3 Å². The molecule has 0 spiro atoms. The zero-order chi connectivity index (χ0) is 20.0. The van der Waals surface area contributed by atoms with Crippen LogP contribution in [0.5, 0.6) is 0 Å². The van der Waals surface area contributed by atoms with E-state index in [1.165, 1.54) is 12.2 Å². The third kappa shape index (κ3) is 6.27. The van der Waals surface area contributed by atoms with Gasteiger partial charge in [0.15, 0.2) is 0 Å². The SMILES string of the molecule is CON(Cc1ccc(NC(=O)OC(C)(C)C)cc1Cl)C(=O)c1ccccc1. The summed E-state index contributed by atoms with van der Waals surface area (Å²) in [5.41, 5.74) is 1.09. The Labute approximate surface area is 164 Å². The summed E-state index contributed by atoms with van der Waals surface area (Å²) in [5.74, 6) is -0.273. The van der Waals surface area contributed by atoms with Crippen molar-refractivity contribution in [1.82, 2.24) is 5.06 Å². The standard InChI is InChI=1S/C20H23ClN2O4/c1-20(2,3)27-19(25)22-16-11-10-15(17(21)12-16)13-23(26-4)18(24)14-8-6-5-7-9-14/h5-12H,13H2,1-4H3,(H,22,25). The molecule has 1 N–H and O–H groups in total. The van der Waals surface area contributed by atoms with E-state index < -0.39 is 11.7 Å². The van der Waals surface area contributed by atoms with E-state index in [-0.39, 0.29) is 12.5 Å². The zero-order valence-electron chi connectivity index (χ0n) is 15.8. The molecule has 0 aromatic heterocycles. The highest BCUT2D eigenvalue weighted by Crippen LogP contribution is 2.23. The van der Waals surface area contributed by atoms with Crippen LogP contribution in [-0.4, -0.2) is 29.8 Å². The second-order valence-corrected chi connectivity index (χ2v) is 7.23. The maximum absolute atomic E-state index is 12.5. The minimum Gasteiger partial charge on any atom is -0.444 e. The molecule has 2 aromatic rings. The van der Waals surface area contributed by atoms with E-state index in [4.69, 9.17) is 21.2 Å². The van der Waals surface area contributed by atoms with Gasteiger partial charge in [-0.1, -0.05) is 35.9 Å². The lowest BCUT2D eigenvalue weighted by Crippen LogP contribution is -2.29. The average Bonchev–Trinajstić information content (AvgIpc) is 2.59. The summed E-state index contributed by atoms with van der Waals surface area (Å²) >= 11 is 6.31. The maximum Gasteiger partial charge on any atom is 0.412 e. The van der Waals surface area contributed by atoms with Gasteiger partial charge in [-0.15, -0.1) is 0 Å². The Kier molecular flexibility index (Phi) is 6.82. The van der Waals surface area contributed by atoms with Gasteiger partial charge in [-0.05, 0) is 50.6 Å². The molecular formula is C20H23ClN2O4. The Bertz CT molecular complexity index is 803. The van der Waals surface area contributed by atoms with Gasteiger partial charge in [0.2, 0.25) is 0 Å². The molecule has 0 unspecified atom stereocenters. The molecule has 2 aromatic carbocycles. The molecule has 0 aliphatic heterocycles. The van der Waals surface area contributed by atoms with Crippen LogP contribution in [0.3, 0.4) is 0 Å². The lowest BCUT2D eigenvalue weighted by atomic mass is 10.1. The summed E-state index contributed by atoms with van der Waals surface area (Å²) in [6, 6.07) is 13.8. The Hall–Kier alpha value is -2.57. The third-order valence-corrected chi connectivity index (χ3v) is 3.83. The fourth-order valence-corrected chi connectivity index (χ4v) is 2.51. The molecule has 144 valence electrons. The van der Waals surface area contributed by atoms with Crippen molar-refractivity contribution < 1.29 is 19.2 Å². The summed E-state index contributed by atoms with van der Waals surface area (Å²) in [5, 5.41) is 4.24. The van der Waals surface area contributed by atoms with Crippen LogP contribution in [0, 0.1) is 0 Å². The minimum absolute atomic E-state index is 0.162. The molecule has 0 atom stereocenters. The predicted molar refractivity (Wildman–Crippen MR) is 105 cm³/mol. The van der Waals surface area contributed by atoms with Crippen LogP contribution in [0.4, 0.5) is 10.5 Å². The van der Waals surface area contributed by atoms with E-state index in [2.05, 4.69) is 5.32 Å². The lowest BCUT2D eigenvalue weighted by molar-refractivity contribution is -0.102. The first-order chi connectivity index (χ1) is 12.7. The first-order valence-electron chi connectivity index (χ1n) is 8.39. The number of halogens is 1. The average molecular weight is 391 g/mol. The number of nitrogens with zero attached hydrogens (tertiary/aromatic N) is 1. The van der Waals surface area contributed by atoms with Crippen molar-refractivity contribution in [2.75, 3.05) is 12.4 Å². The van der Waals surface area contributed by atoms with Gasteiger partial charge in [-0.3, -0.25) is 14.9 Å². The molecule has 0 aliphatic rings. The number of hydrogen-bond donors (Lipinski definition) is 1. The molecule has 7 heteroatoms. The Morgan fingerprint density at radius 1 is 1.11 bits per heavy atom. The number of carbonyl (C=O) groups excluding carboxylic acids is 2. The highest BCUT2D eigenvalue weighted by molar-refractivity contribution is 6.31. The van der Waals surface area contributed by atoms with Gasteiger partial charge < -0.3 is 4.74 Å². The van der Waals surface area contributed by atoms with Crippen molar-refractivity contribution in [2.24, 2.45) is 0 Å². The van der Waals surface area contributed by atoms with Crippen LogP contribution >= 0.6 is 11.6 Å². The van der Waals surface area contributed by atoms with Crippen LogP contribution in [0.25, 0.3) is 0 Å². The highest BCUT2D eigenvalue weighted by Gasteiger charge is 2.19. The molecule has 2 amide bonds. The van der Waals surface area contributed by atoms with E-state index in [0.29, 0.717) is 21.8 Å². The van der Waals surface area contributed by atoms with E-state index in [1.807, 2.05) is 6.07 Å². The molecule has 0 heterocycles. The quantitative estimate of drug-likeness (QED) is 0.738. The van der Waals surface area contributed by atoms with Crippen LogP contribution in [0.15, 0.2) is 48.5 Å². The largest absolute Gasteiger partial charge is 0.444 e. The zero-order valence-corrected chi connectivity index (χ0v) is 16.5. The van der Waals surface area contributed by atoms with E-state index in [1.54, 1.807) is 63.2 Å². The lowest BCUT2D eigenvalue weighted by Gasteiger charge is -2.21. The molecule has 6 nitrogen and oxygen atoms in total. The van der Waals surface area contributed by atoms with Gasteiger partial charge >= 0.3 is 6.09 Å². The summed E-state index contributed by atoms with van der Waals surface area (Å²) < 4.78 is 5.21. The van der Waals surface area contributed by atoms with Crippen LogP contribution in [0.2, 0.25) is 5.02 Å². The number of ether oxygens (including phenoxy) is 1. The molecule has 0 fully saturated rings. The van der Waals surface area contributed by atoms with Crippen LogP contribution < -0.4 is 5.32 Å². The van der Waals surface area contributed by atoms with Gasteiger partial charge in [0, 0.05) is 16.3 Å². The van der Waals surface area contributed by atoms with Gasteiger partial charge in [0.05, 0.1) is 13.7 Å². The number of anilines is 1. The number of hydrogen-bond acceptors (Lipinski definition) is 4. The summed E-state index contributed by atoms with van der Waals surface area (Å²) in [6.07, 6.45) is -0.566. The second kappa shape index (κ2) is 8.88. The summed E-state index contributed by atoms with van der Waals surface area (Å²) in [7, 11) is 1.42. The number of carbonyl (C=O) groups is 2. The molecule has 0 aliphatic carbocycles. The van der Waals surface area contributed by atoms with Gasteiger partial charge in [-0.25, -0.2) is 9.86 Å². The van der Waals surface area contributed by atoms with Crippen molar-refractivity contribution in [1.29, 1.82) is 0 Å². The molecule has 0 saturated carbocycles. The normalized spacial score (nSPS) is 11.0. The Morgan fingerprint density at radius 2 is 1.78 bits per heavy atom. The van der Waals surface area contributed by atoms with Crippen molar-refractivity contribution in [3.05, 3.63) is 64.7 Å². The first kappa shape index (κ1) is 20.7. The van der Waals surface area contributed by atoms with Gasteiger partial charge in [-0.2, -0.15) is 0 Å². The first-order valence-corrected chi connectivity index (χ1v) is 8.77. The number of amides is 2. The van der Waals surface area contributed by atoms with Crippen LogP contribution in [0.1, 0.15) is 36.7 Å². The second-order valence-electron chi connectivity index (χ2n) is 6.82. The van der Waals surface area contributed by atoms with E-state index in [9.17, 15) is 9.59 Å². The van der Waals surface area contributed by atoms with E-state index >= 15 is 0 Å². The molecule has 27 heavy (non-hydrogen) atoms. The minimum atomic E-state index is -0.593. The van der Waals surface area contributed by atoms with Crippen molar-refractivity contribution in [3.8, 4) is 0 Å². The fourth-order valence-electron chi connectivity index (χ4n) is 2.27. The molecule has 0 radical (unpaired) electrons. The number of rotatable bonds is 5. The Morgan fingerprint density at radius 3 is 2.33 bits per heavy atom. The van der Waals surface area contributed by atoms with Crippen LogP contribution in [-0.2, 0) is 16.1 Å². The predicted octanol–water partition coefficient (Wildman–Crippen LogP) is 4.89. The van der Waals surface area contributed by atoms with E-state index in [0.717, 1.165) is 0 Å². The molecule has 0 bridgehead atoms. The number of nitrogens with one attached hydrogen (secondary N) is 1. The highest BCUT2D eigenvalue weighted by atomic mass is 35.5. The summed E-state index contributed by atoms with van der Waals surface area (Å²) in [4.78, 5) is 29.6. The molecule has 2 rings (SSSR count). The van der Waals surface area contributed by atoms with Crippen molar-refractivity contribution in [3.63, 3.8) is 0 Å². The summed E-state index contributed by atoms with van der Waals surface area (Å²) in [6.45, 7) is 5.51. The van der Waals surface area contributed by atoms with Gasteiger partial charge in [0.1, 0.15) is 5.60 Å². The smallest absolute Gasteiger partial charge is 0.412 e. The fraction of sp³-hybridized carbons (Fsp3) is 0.300. The van der Waals surface area contributed by atoms with Gasteiger partial charge in [0.25, 0.3) is 5.91 Å². The molecule has 0 saturated heterocycles. The third-order valence-electron chi connectivity index (χ3n) is 3.48. The number of benzene rings is 2. The maximum atomic E-state index is 12.5. The Balaban J connectivity index is 2.08. The number of hydroxylamine groups is 2. The van der Waals surface area contributed by atoms with Crippen molar-refractivity contribution in [2.45, 2.75) is 32.9 Å². The monoisotopic (exact) mass is 390 g/mol. The molecular weight excluding hydrogens is 368 g/mol.